The summed E-state index contributed by atoms with van der Waals surface area (Å²) in [6.45, 7) is 5.02. The molecule has 1 heterocycles. The van der Waals surface area contributed by atoms with Gasteiger partial charge in [-0.3, -0.25) is 0 Å². The average molecular weight is 315 g/mol. The van der Waals surface area contributed by atoms with Gasteiger partial charge in [-0.25, -0.2) is 0 Å². The topological polar surface area (TPSA) is 27.7 Å². The van der Waals surface area contributed by atoms with Crippen LogP contribution in [0.3, 0.4) is 0 Å². The van der Waals surface area contributed by atoms with Crippen LogP contribution in [0.5, 0.6) is 0 Å². The second kappa shape index (κ2) is 6.15. The number of hydrogen-bond donors (Lipinski definition) is 0. The fourth-order valence-corrected chi connectivity index (χ4v) is 2.60. The lowest BCUT2D eigenvalue weighted by atomic mass is 10.2. The van der Waals surface area contributed by atoms with E-state index in [1.165, 1.54) is 5.56 Å². The third-order valence-corrected chi connectivity index (χ3v) is 3.47. The molecule has 0 amide bonds. The Morgan fingerprint density at radius 1 is 1.17 bits per heavy atom. The molecule has 2 atom stereocenters. The van der Waals surface area contributed by atoms with Crippen LogP contribution in [-0.2, 0) is 20.8 Å². The molecule has 100 valence electrons. The minimum absolute atomic E-state index is 0.0110. The molecule has 1 saturated heterocycles. The quantitative estimate of drug-likeness (QED) is 0.782. The maximum absolute atomic E-state index is 5.81. The largest absolute Gasteiger partial charge is 0.374 e. The normalized spacial score (nSPS) is 26.4. The van der Waals surface area contributed by atoms with E-state index < -0.39 is 5.79 Å². The summed E-state index contributed by atoms with van der Waals surface area (Å²) in [6.07, 6.45) is 0.0406. The Morgan fingerprint density at radius 3 is 2.50 bits per heavy atom. The first-order chi connectivity index (χ1) is 8.61. The number of alkyl halides is 1. The van der Waals surface area contributed by atoms with E-state index in [9.17, 15) is 0 Å². The lowest BCUT2D eigenvalue weighted by Gasteiger charge is -2.16. The highest BCUT2D eigenvalue weighted by molar-refractivity contribution is 9.09. The van der Waals surface area contributed by atoms with E-state index in [1.54, 1.807) is 0 Å². The van der Waals surface area contributed by atoms with Gasteiger partial charge in [0.1, 0.15) is 6.10 Å². The first-order valence-corrected chi connectivity index (χ1v) is 7.26. The fraction of sp³-hybridized carbons (Fsp3) is 0.571. The van der Waals surface area contributed by atoms with Gasteiger partial charge in [-0.2, -0.15) is 0 Å². The molecule has 4 heteroatoms. The molecule has 1 aliphatic rings. The molecule has 0 aliphatic carbocycles. The van der Waals surface area contributed by atoms with Crippen molar-refractivity contribution in [3.63, 3.8) is 0 Å². The smallest absolute Gasteiger partial charge is 0.163 e. The molecule has 3 nitrogen and oxygen atoms in total. The van der Waals surface area contributed by atoms with Crippen LogP contribution in [0, 0.1) is 0 Å². The van der Waals surface area contributed by atoms with E-state index in [2.05, 4.69) is 28.1 Å². The molecule has 1 aromatic rings. The van der Waals surface area contributed by atoms with Crippen LogP contribution in [-0.4, -0.2) is 29.9 Å². The summed E-state index contributed by atoms with van der Waals surface area (Å²) in [5.74, 6) is -0.515. The Morgan fingerprint density at radius 2 is 1.83 bits per heavy atom. The number of halogens is 1. The minimum Gasteiger partial charge on any atom is -0.374 e. The summed E-state index contributed by atoms with van der Waals surface area (Å²) < 4.78 is 17.3. The molecule has 0 spiro atoms. The summed E-state index contributed by atoms with van der Waals surface area (Å²) in [7, 11) is 0. The second-order valence-corrected chi connectivity index (χ2v) is 5.51. The van der Waals surface area contributed by atoms with E-state index in [0.29, 0.717) is 13.2 Å². The third-order valence-electron chi connectivity index (χ3n) is 2.83. The van der Waals surface area contributed by atoms with Gasteiger partial charge in [0.2, 0.25) is 0 Å². The van der Waals surface area contributed by atoms with Crippen LogP contribution in [0.15, 0.2) is 30.3 Å². The molecule has 1 fully saturated rings. The van der Waals surface area contributed by atoms with Crippen molar-refractivity contribution in [2.75, 3.05) is 11.9 Å². The molecule has 0 bridgehead atoms. The lowest BCUT2D eigenvalue weighted by molar-refractivity contribution is -0.149. The predicted octanol–water partition coefficient (Wildman–Crippen LogP) is 3.12. The highest BCUT2D eigenvalue weighted by atomic mass is 79.9. The van der Waals surface area contributed by atoms with Gasteiger partial charge in [0.05, 0.1) is 19.3 Å². The van der Waals surface area contributed by atoms with Gasteiger partial charge in [-0.1, -0.05) is 46.3 Å². The molecule has 18 heavy (non-hydrogen) atoms. The van der Waals surface area contributed by atoms with Gasteiger partial charge in [0.15, 0.2) is 5.79 Å². The molecule has 0 radical (unpaired) electrons. The van der Waals surface area contributed by atoms with Crippen LogP contribution in [0.2, 0.25) is 0 Å². The van der Waals surface area contributed by atoms with Crippen molar-refractivity contribution in [3.05, 3.63) is 35.9 Å². The Hall–Kier alpha value is -0.420. The zero-order valence-corrected chi connectivity index (χ0v) is 12.4. The van der Waals surface area contributed by atoms with E-state index >= 15 is 0 Å². The first kappa shape index (κ1) is 14.0. The molecule has 0 aromatic heterocycles. The summed E-state index contributed by atoms with van der Waals surface area (Å²) in [6, 6.07) is 10.1. The zero-order valence-electron chi connectivity index (χ0n) is 10.8. The van der Waals surface area contributed by atoms with E-state index in [0.717, 1.165) is 5.33 Å². The molecule has 0 saturated carbocycles. The summed E-state index contributed by atoms with van der Waals surface area (Å²) in [5.41, 5.74) is 1.17. The van der Waals surface area contributed by atoms with Gasteiger partial charge in [0.25, 0.3) is 0 Å². The van der Waals surface area contributed by atoms with Crippen LogP contribution < -0.4 is 0 Å². The van der Waals surface area contributed by atoms with E-state index in [-0.39, 0.29) is 12.2 Å². The van der Waals surface area contributed by atoms with Crippen LogP contribution >= 0.6 is 15.9 Å². The monoisotopic (exact) mass is 314 g/mol. The fourth-order valence-electron chi connectivity index (χ4n) is 2.05. The maximum atomic E-state index is 5.81. The lowest BCUT2D eigenvalue weighted by Crippen LogP contribution is -2.28. The van der Waals surface area contributed by atoms with E-state index in [1.807, 2.05) is 32.0 Å². The van der Waals surface area contributed by atoms with Crippen molar-refractivity contribution in [1.82, 2.24) is 0 Å². The molecule has 2 rings (SSSR count). The number of rotatable bonds is 5. The standard InChI is InChI=1S/C14H19BrO3/c1-14(2)17-12(8-15)13(18-14)10-16-9-11-6-4-3-5-7-11/h3-7,12-13H,8-10H2,1-2H3. The minimum atomic E-state index is -0.515. The van der Waals surface area contributed by atoms with Crippen molar-refractivity contribution in [2.24, 2.45) is 0 Å². The Balaban J connectivity index is 1.80. The average Bonchev–Trinajstić information content (AvgIpc) is 2.65. The zero-order chi connectivity index (χ0) is 13.0. The maximum Gasteiger partial charge on any atom is 0.163 e. The molecule has 2 unspecified atom stereocenters. The van der Waals surface area contributed by atoms with E-state index in [4.69, 9.17) is 14.2 Å². The molecule has 0 N–H and O–H groups in total. The van der Waals surface area contributed by atoms with Crippen molar-refractivity contribution in [3.8, 4) is 0 Å². The third kappa shape index (κ3) is 3.79. The Kier molecular flexibility index (Phi) is 4.78. The van der Waals surface area contributed by atoms with Crippen molar-refractivity contribution in [1.29, 1.82) is 0 Å². The SMILES string of the molecule is CC1(C)OC(CBr)C(COCc2ccccc2)O1. The predicted molar refractivity (Wildman–Crippen MR) is 73.7 cm³/mol. The number of benzene rings is 1. The number of ether oxygens (including phenoxy) is 3. The highest BCUT2D eigenvalue weighted by Crippen LogP contribution is 2.29. The van der Waals surface area contributed by atoms with Crippen LogP contribution in [0.1, 0.15) is 19.4 Å². The van der Waals surface area contributed by atoms with Crippen molar-refractivity contribution in [2.45, 2.75) is 38.4 Å². The Labute approximate surface area is 117 Å². The van der Waals surface area contributed by atoms with Crippen molar-refractivity contribution >= 4 is 15.9 Å². The van der Waals surface area contributed by atoms with Crippen LogP contribution in [0.25, 0.3) is 0 Å². The van der Waals surface area contributed by atoms with Gasteiger partial charge in [-0.15, -0.1) is 0 Å². The first-order valence-electron chi connectivity index (χ1n) is 6.14. The summed E-state index contributed by atoms with van der Waals surface area (Å²) in [5, 5.41) is 0.760. The summed E-state index contributed by atoms with van der Waals surface area (Å²) in [4.78, 5) is 0. The summed E-state index contributed by atoms with van der Waals surface area (Å²) >= 11 is 3.44. The second-order valence-electron chi connectivity index (χ2n) is 4.87. The molecule has 1 aromatic carbocycles. The van der Waals surface area contributed by atoms with Gasteiger partial charge in [0, 0.05) is 5.33 Å². The molecule has 1 aliphatic heterocycles. The van der Waals surface area contributed by atoms with Crippen molar-refractivity contribution < 1.29 is 14.2 Å². The highest BCUT2D eigenvalue weighted by Gasteiger charge is 2.40. The Bertz CT molecular complexity index is 367. The number of hydrogen-bond acceptors (Lipinski definition) is 3. The van der Waals surface area contributed by atoms with Gasteiger partial charge >= 0.3 is 0 Å². The molecular weight excluding hydrogens is 296 g/mol. The van der Waals surface area contributed by atoms with Gasteiger partial charge < -0.3 is 14.2 Å². The molecular formula is C14H19BrO3. The van der Waals surface area contributed by atoms with Gasteiger partial charge in [-0.05, 0) is 19.4 Å². The van der Waals surface area contributed by atoms with Crippen LogP contribution in [0.4, 0.5) is 0 Å².